The van der Waals surface area contributed by atoms with Crippen molar-refractivity contribution in [3.8, 4) is 11.3 Å². The van der Waals surface area contributed by atoms with Gasteiger partial charge in [0, 0.05) is 53.8 Å². The maximum absolute atomic E-state index is 12.2. The fourth-order valence-corrected chi connectivity index (χ4v) is 8.73. The number of nitrogens with zero attached hydrogens (tertiary/aromatic N) is 1. The third-order valence-corrected chi connectivity index (χ3v) is 12.9. The van der Waals surface area contributed by atoms with Crippen molar-refractivity contribution in [1.82, 2.24) is 4.98 Å². The Morgan fingerprint density at radius 1 is 0.796 bits per heavy atom. The molecular formula is C49H62IrNO2S-. The van der Waals surface area contributed by atoms with Crippen molar-refractivity contribution in [2.75, 3.05) is 0 Å². The van der Waals surface area contributed by atoms with Gasteiger partial charge >= 0.3 is 0 Å². The quantitative estimate of drug-likeness (QED) is 0.0679. The summed E-state index contributed by atoms with van der Waals surface area (Å²) in [5.74, 6) is 0.286. The number of hydrogen-bond donors (Lipinski definition) is 1. The number of aryl methyl sites for hydroxylation is 1. The Morgan fingerprint density at radius 2 is 1.43 bits per heavy atom. The largest absolute Gasteiger partial charge is 0.512 e. The van der Waals surface area contributed by atoms with Gasteiger partial charge in [-0.05, 0) is 100 Å². The predicted molar refractivity (Wildman–Crippen MR) is 229 cm³/mol. The molecule has 0 atom stereocenters. The number of allylic oxidation sites excluding steroid dienone is 2. The van der Waals surface area contributed by atoms with Gasteiger partial charge in [-0.1, -0.05) is 135 Å². The molecule has 1 N–H and O–H groups in total. The van der Waals surface area contributed by atoms with Crippen molar-refractivity contribution < 1.29 is 30.0 Å². The zero-order chi connectivity index (χ0) is 39.1. The van der Waals surface area contributed by atoms with E-state index >= 15 is 0 Å². The average Bonchev–Trinajstić information content (AvgIpc) is 3.10. The molecule has 1 aromatic heterocycles. The molecule has 2 heterocycles. The van der Waals surface area contributed by atoms with Gasteiger partial charge in [0.05, 0.1) is 0 Å². The topological polar surface area (TPSA) is 50.2 Å². The fourth-order valence-electron chi connectivity index (χ4n) is 7.46. The van der Waals surface area contributed by atoms with Crippen LogP contribution in [0.4, 0.5) is 0 Å². The van der Waals surface area contributed by atoms with Gasteiger partial charge in [-0.15, -0.1) is 29.3 Å². The molecule has 1 radical (unpaired) electrons. The summed E-state index contributed by atoms with van der Waals surface area (Å²) in [5, 5.41) is 18.0. The van der Waals surface area contributed by atoms with E-state index in [1.54, 1.807) is 0 Å². The third-order valence-electron chi connectivity index (χ3n) is 11.7. The molecule has 5 aromatic rings. The molecule has 0 fully saturated rings. The van der Waals surface area contributed by atoms with Crippen LogP contribution in [-0.4, -0.2) is 15.9 Å². The number of aromatic nitrogens is 1. The Bertz CT molecular complexity index is 2190. The van der Waals surface area contributed by atoms with Gasteiger partial charge in [-0.2, -0.15) is 0 Å². The van der Waals surface area contributed by atoms with Crippen LogP contribution < -0.4 is 0 Å². The van der Waals surface area contributed by atoms with Crippen LogP contribution in [0.25, 0.3) is 43.6 Å². The molecule has 0 saturated heterocycles. The van der Waals surface area contributed by atoms with E-state index in [1.807, 2.05) is 59.5 Å². The van der Waals surface area contributed by atoms with Crippen LogP contribution in [0.15, 0.2) is 76.4 Å². The SMILES string of the molecule is CCC(C)(CC)C(=O)/C=C(\O)C(C)(CC)CC.Cc1ccc2c(CC(C)(C)C)c3c([c-]c2c1)-c1nccc2c1c(cc1cccc(CC(C)(C)C)c12)S3.[Ir]. The Kier molecular flexibility index (Phi) is 13.5. The summed E-state index contributed by atoms with van der Waals surface area (Å²) in [6.45, 7) is 28.2. The number of hydrogen-bond acceptors (Lipinski definition) is 4. The molecule has 5 heteroatoms. The minimum Gasteiger partial charge on any atom is -0.512 e. The van der Waals surface area contributed by atoms with Crippen molar-refractivity contribution in [2.24, 2.45) is 21.7 Å². The van der Waals surface area contributed by atoms with Crippen molar-refractivity contribution >= 4 is 49.9 Å². The molecule has 1 aliphatic heterocycles. The number of benzene rings is 4. The number of rotatable bonds is 9. The van der Waals surface area contributed by atoms with Crippen LogP contribution in [-0.2, 0) is 37.7 Å². The molecule has 3 nitrogen and oxygen atoms in total. The second-order valence-corrected chi connectivity index (χ2v) is 19.4. The van der Waals surface area contributed by atoms with Crippen LogP contribution in [0, 0.1) is 34.7 Å². The summed E-state index contributed by atoms with van der Waals surface area (Å²) < 4.78 is 0. The normalized spacial score (nSPS) is 13.4. The number of ketones is 1. The summed E-state index contributed by atoms with van der Waals surface area (Å²) in [6, 6.07) is 22.1. The molecule has 0 saturated carbocycles. The Morgan fingerprint density at radius 3 is 2.02 bits per heavy atom. The predicted octanol–water partition coefficient (Wildman–Crippen LogP) is 14.6. The van der Waals surface area contributed by atoms with Crippen molar-refractivity contribution in [3.05, 3.63) is 89.3 Å². The summed E-state index contributed by atoms with van der Waals surface area (Å²) in [4.78, 5) is 19.8. The zero-order valence-electron chi connectivity index (χ0n) is 35.1. The molecule has 1 aliphatic rings. The number of pyridine rings is 1. The first kappa shape index (κ1) is 43.7. The Labute approximate surface area is 343 Å². The number of carbonyl (C=O) groups is 1. The molecule has 54 heavy (non-hydrogen) atoms. The van der Waals surface area contributed by atoms with Crippen molar-refractivity contribution in [1.29, 1.82) is 0 Å². The molecule has 0 bridgehead atoms. The molecule has 0 unspecified atom stereocenters. The van der Waals surface area contributed by atoms with Crippen LogP contribution in [0.2, 0.25) is 0 Å². The van der Waals surface area contributed by atoms with E-state index in [9.17, 15) is 9.90 Å². The van der Waals surface area contributed by atoms with Gasteiger partial charge in [0.15, 0.2) is 5.78 Å². The van der Waals surface area contributed by atoms with Crippen molar-refractivity contribution in [2.45, 2.75) is 138 Å². The van der Waals surface area contributed by atoms with Crippen LogP contribution >= 0.6 is 11.8 Å². The summed E-state index contributed by atoms with van der Waals surface area (Å²) in [5.41, 5.74) is 6.18. The maximum atomic E-state index is 12.2. The fraction of sp³-hybridized carbons (Fsp3) is 0.469. The summed E-state index contributed by atoms with van der Waals surface area (Å²) in [7, 11) is 0. The minimum absolute atomic E-state index is 0. The third kappa shape index (κ3) is 9.01. The molecule has 0 amide bonds. The van der Waals surface area contributed by atoms with Gasteiger partial charge < -0.3 is 5.11 Å². The monoisotopic (exact) mass is 921 g/mol. The van der Waals surface area contributed by atoms with Crippen molar-refractivity contribution in [3.63, 3.8) is 0 Å². The van der Waals surface area contributed by atoms with E-state index in [0.717, 1.165) is 44.2 Å². The van der Waals surface area contributed by atoms with E-state index < -0.39 is 0 Å². The van der Waals surface area contributed by atoms with Gasteiger partial charge in [0.2, 0.25) is 0 Å². The van der Waals surface area contributed by atoms with Crippen LogP contribution in [0.3, 0.4) is 0 Å². The van der Waals surface area contributed by atoms with Crippen LogP contribution in [0.1, 0.15) is 125 Å². The molecule has 0 aliphatic carbocycles. The van der Waals surface area contributed by atoms with E-state index in [-0.39, 0.29) is 53.3 Å². The Hall–Kier alpha value is -2.98. The van der Waals surface area contributed by atoms with Gasteiger partial charge in [-0.3, -0.25) is 9.78 Å². The van der Waals surface area contributed by atoms with E-state index in [4.69, 9.17) is 4.98 Å². The molecule has 291 valence electrons. The first-order valence-corrected chi connectivity index (χ1v) is 20.5. The van der Waals surface area contributed by atoms with Crippen LogP contribution in [0.5, 0.6) is 0 Å². The maximum Gasteiger partial charge on any atom is 0.164 e. The van der Waals surface area contributed by atoms with E-state index in [2.05, 4.69) is 103 Å². The summed E-state index contributed by atoms with van der Waals surface area (Å²) in [6.07, 6.45) is 8.83. The minimum atomic E-state index is -0.337. The van der Waals surface area contributed by atoms with Gasteiger partial charge in [0.1, 0.15) is 5.76 Å². The first-order valence-electron chi connectivity index (χ1n) is 19.7. The second-order valence-electron chi connectivity index (χ2n) is 18.3. The van der Waals surface area contributed by atoms with Gasteiger partial charge in [-0.25, -0.2) is 0 Å². The smallest absolute Gasteiger partial charge is 0.164 e. The number of carbonyl (C=O) groups excluding carboxylic acids is 1. The molecule has 6 rings (SSSR count). The van der Waals surface area contributed by atoms with E-state index in [0.29, 0.717) is 0 Å². The molecule has 4 aromatic carbocycles. The molecular weight excluding hydrogens is 859 g/mol. The Balaban J connectivity index is 0.000000309. The number of fused-ring (bicyclic) bond motifs is 5. The first-order chi connectivity index (χ1) is 24.8. The number of aliphatic hydroxyl groups is 1. The molecule has 0 spiro atoms. The standard InChI is InChI=1S/C34H34NS.C15H28O2.Ir/c1-20-11-12-24-23(15-20)16-26-31-30-25(13-14-35-31)29-21(9-8-10-22(29)18-33(2,3)4)17-28(30)36-32(26)27(24)19-34(5,6)7;1-7-14(5,8-2)12(16)11-13(17)15(6,9-3)10-4;/h8-15,17H,18-19H2,1-7H3;11,16H,7-10H2,1-6H3;/q-1;;/b;12-11-;. The van der Waals surface area contributed by atoms with E-state index in [1.165, 1.54) is 70.4 Å². The van der Waals surface area contributed by atoms with Gasteiger partial charge in [0.25, 0.3) is 0 Å². The second kappa shape index (κ2) is 16.6. The number of aliphatic hydroxyl groups excluding tert-OH is 1. The summed E-state index contributed by atoms with van der Waals surface area (Å²) >= 11 is 1.92. The zero-order valence-corrected chi connectivity index (χ0v) is 38.3. The average molecular weight is 921 g/mol.